The number of ether oxygens (including phenoxy) is 2. The summed E-state index contributed by atoms with van der Waals surface area (Å²) in [6.07, 6.45) is 4.96. The van der Waals surface area contributed by atoms with E-state index in [1.54, 1.807) is 11.2 Å². The smallest absolute Gasteiger partial charge is 0.410 e. The minimum Gasteiger partial charge on any atom is -0.444 e. The van der Waals surface area contributed by atoms with Gasteiger partial charge in [-0.2, -0.15) is 0 Å². The Hall–Kier alpha value is -4.39. The lowest BCUT2D eigenvalue weighted by atomic mass is 9.91. The maximum absolute atomic E-state index is 14.7. The number of imidazole rings is 1. The molecule has 1 saturated heterocycles. The Balaban J connectivity index is 1.46. The van der Waals surface area contributed by atoms with Gasteiger partial charge in [-0.05, 0) is 52.0 Å². The van der Waals surface area contributed by atoms with Gasteiger partial charge in [-0.1, -0.05) is 67.1 Å². The second kappa shape index (κ2) is 15.7. The third-order valence-corrected chi connectivity index (χ3v) is 10.1. The predicted octanol–water partition coefficient (Wildman–Crippen LogP) is 5.45. The molecule has 2 fully saturated rings. The van der Waals surface area contributed by atoms with Gasteiger partial charge in [-0.15, -0.1) is 0 Å². The molecule has 3 atom stereocenters. The van der Waals surface area contributed by atoms with Crippen molar-refractivity contribution in [2.75, 3.05) is 45.2 Å². The van der Waals surface area contributed by atoms with Gasteiger partial charge in [0, 0.05) is 45.0 Å². The fourth-order valence-corrected chi connectivity index (χ4v) is 7.21. The summed E-state index contributed by atoms with van der Waals surface area (Å²) in [5.74, 6) is -0.396. The fourth-order valence-electron chi connectivity index (χ4n) is 6.61. The van der Waals surface area contributed by atoms with Crippen LogP contribution in [0.4, 0.5) is 9.59 Å². The first-order valence-electron chi connectivity index (χ1n) is 17.2. The molecule has 0 unspecified atom stereocenters. The van der Waals surface area contributed by atoms with Crippen molar-refractivity contribution >= 4 is 27.9 Å². The Morgan fingerprint density at radius 3 is 2.28 bits per heavy atom. The Labute approximate surface area is 295 Å². The number of aromatic nitrogens is 2. The van der Waals surface area contributed by atoms with Gasteiger partial charge in [0.25, 0.3) is 5.91 Å². The number of amides is 3. The molecule has 1 aromatic heterocycles. The van der Waals surface area contributed by atoms with Gasteiger partial charge in [0.15, 0.2) is 5.69 Å². The molecule has 0 bridgehead atoms. The zero-order valence-corrected chi connectivity index (χ0v) is 30.5. The largest absolute Gasteiger partial charge is 0.444 e. The van der Waals surface area contributed by atoms with Gasteiger partial charge in [0.1, 0.15) is 21.5 Å². The van der Waals surface area contributed by atoms with E-state index in [1.165, 1.54) is 11.9 Å². The highest BCUT2D eigenvalue weighted by Crippen LogP contribution is 2.37. The van der Waals surface area contributed by atoms with E-state index in [9.17, 15) is 22.8 Å². The lowest BCUT2D eigenvalue weighted by molar-refractivity contribution is 0.00428. The molecule has 270 valence electrons. The zero-order valence-electron chi connectivity index (χ0n) is 29.7. The molecule has 13 heteroatoms. The average Bonchev–Trinajstić information content (AvgIpc) is 3.52. The van der Waals surface area contributed by atoms with E-state index < -0.39 is 33.7 Å². The normalized spacial score (nSPS) is 19.9. The van der Waals surface area contributed by atoms with Gasteiger partial charge in [0.2, 0.25) is 0 Å². The summed E-state index contributed by atoms with van der Waals surface area (Å²) in [7, 11) is -1.72. The quantitative estimate of drug-likeness (QED) is 0.287. The molecule has 50 heavy (non-hydrogen) atoms. The van der Waals surface area contributed by atoms with Crippen molar-refractivity contribution in [2.45, 2.75) is 76.7 Å². The zero-order chi connectivity index (χ0) is 36.1. The number of piperazine rings is 1. The molecule has 2 aliphatic rings. The molecule has 0 spiro atoms. The van der Waals surface area contributed by atoms with Crippen LogP contribution in [0, 0.1) is 0 Å². The number of carbonyl (C=O) groups excluding carboxylic acids is 3. The first kappa shape index (κ1) is 36.9. The Kier molecular flexibility index (Phi) is 11.5. The topological polar surface area (TPSA) is 131 Å². The van der Waals surface area contributed by atoms with E-state index in [4.69, 9.17) is 14.5 Å². The lowest BCUT2D eigenvalue weighted by Gasteiger charge is -2.41. The van der Waals surface area contributed by atoms with Gasteiger partial charge in [0.05, 0.1) is 29.9 Å². The van der Waals surface area contributed by atoms with Crippen LogP contribution in [0.3, 0.4) is 0 Å². The Morgan fingerprint density at radius 1 is 0.960 bits per heavy atom. The highest BCUT2D eigenvalue weighted by Gasteiger charge is 2.39. The second-order valence-corrected chi connectivity index (χ2v) is 16.6. The fraction of sp³-hybridized carbons (Fsp3) is 0.514. The molecular formula is C37H49N5O7S. The van der Waals surface area contributed by atoms with Crippen LogP contribution in [-0.2, 0) is 25.7 Å². The van der Waals surface area contributed by atoms with Crippen LogP contribution in [-0.4, -0.2) is 114 Å². The number of sulfone groups is 1. The summed E-state index contributed by atoms with van der Waals surface area (Å²) >= 11 is 0. The lowest BCUT2D eigenvalue weighted by Crippen LogP contribution is -2.58. The number of carbonyl (C=O) groups is 3. The van der Waals surface area contributed by atoms with Crippen molar-refractivity contribution in [1.82, 2.24) is 24.3 Å². The molecule has 1 aliphatic heterocycles. The highest BCUT2D eigenvalue weighted by molar-refractivity contribution is 7.90. The van der Waals surface area contributed by atoms with Crippen LogP contribution < -0.4 is 0 Å². The first-order valence-corrected chi connectivity index (χ1v) is 19.3. The SMILES string of the molecule is CN(CCS(C)(=O)=O)C(=O)O[C@H]1CCCC[C@@H]1n1cnc(C(=O)N2CCN(C(=O)OC(C)(C)C)C[C@H]2Cc2ccccc2)c1-c1ccccc1. The molecule has 3 amide bonds. The van der Waals surface area contributed by atoms with Crippen LogP contribution in [0.5, 0.6) is 0 Å². The summed E-state index contributed by atoms with van der Waals surface area (Å²) in [6.45, 7) is 6.47. The maximum atomic E-state index is 14.7. The molecule has 1 saturated carbocycles. The Bertz CT molecular complexity index is 1740. The van der Waals surface area contributed by atoms with Crippen molar-refractivity contribution in [3.8, 4) is 11.3 Å². The summed E-state index contributed by atoms with van der Waals surface area (Å²) in [5, 5.41) is 0. The van der Waals surface area contributed by atoms with Gasteiger partial charge >= 0.3 is 12.2 Å². The number of benzene rings is 2. The minimum absolute atomic E-state index is 0.0272. The monoisotopic (exact) mass is 707 g/mol. The minimum atomic E-state index is -3.25. The average molecular weight is 708 g/mol. The van der Waals surface area contributed by atoms with Crippen molar-refractivity contribution < 1.29 is 32.3 Å². The van der Waals surface area contributed by atoms with Crippen LogP contribution in [0.1, 0.15) is 68.5 Å². The van der Waals surface area contributed by atoms with Crippen LogP contribution in [0.2, 0.25) is 0 Å². The number of rotatable bonds is 9. The van der Waals surface area contributed by atoms with E-state index >= 15 is 0 Å². The molecule has 12 nitrogen and oxygen atoms in total. The molecule has 1 aliphatic carbocycles. The van der Waals surface area contributed by atoms with Crippen LogP contribution in [0.15, 0.2) is 67.0 Å². The van der Waals surface area contributed by atoms with Crippen LogP contribution >= 0.6 is 0 Å². The first-order chi connectivity index (χ1) is 23.7. The van der Waals surface area contributed by atoms with Gasteiger partial charge in [-0.25, -0.2) is 23.0 Å². The van der Waals surface area contributed by atoms with Gasteiger partial charge in [-0.3, -0.25) is 4.79 Å². The van der Waals surface area contributed by atoms with Crippen molar-refractivity contribution in [1.29, 1.82) is 0 Å². The number of nitrogens with zero attached hydrogens (tertiary/aromatic N) is 5. The second-order valence-electron chi connectivity index (χ2n) is 14.3. The van der Waals surface area contributed by atoms with E-state index in [0.717, 1.165) is 30.2 Å². The van der Waals surface area contributed by atoms with E-state index in [-0.39, 0.29) is 30.3 Å². The molecule has 5 rings (SSSR count). The molecule has 2 aromatic carbocycles. The summed E-state index contributed by atoms with van der Waals surface area (Å²) in [5.41, 5.74) is 2.14. The summed E-state index contributed by atoms with van der Waals surface area (Å²) in [6, 6.07) is 18.9. The van der Waals surface area contributed by atoms with Crippen molar-refractivity contribution in [3.63, 3.8) is 0 Å². The molecule has 2 heterocycles. The Morgan fingerprint density at radius 2 is 1.62 bits per heavy atom. The maximum Gasteiger partial charge on any atom is 0.410 e. The van der Waals surface area contributed by atoms with Crippen LogP contribution in [0.25, 0.3) is 11.3 Å². The summed E-state index contributed by atoms with van der Waals surface area (Å²) < 4.78 is 37.1. The third-order valence-electron chi connectivity index (χ3n) is 9.14. The predicted molar refractivity (Wildman–Crippen MR) is 191 cm³/mol. The standard InChI is InChI=1S/C37H49N5O7S/c1-37(2,3)49-36(45)40-20-21-41(29(25-40)24-27-14-8-6-9-15-27)34(43)32-33(28-16-10-7-11-17-28)42(26-38-32)30-18-12-13-19-31(30)48-35(44)39(4)22-23-50(5,46)47/h6-11,14-17,26,29-31H,12-13,18-25H2,1-5H3/t29-,30+,31+/m1/s1. The molecule has 0 radical (unpaired) electrons. The molecular weight excluding hydrogens is 659 g/mol. The highest BCUT2D eigenvalue weighted by atomic mass is 32.2. The summed E-state index contributed by atoms with van der Waals surface area (Å²) in [4.78, 5) is 50.4. The van der Waals surface area contributed by atoms with E-state index in [1.807, 2.05) is 90.9 Å². The van der Waals surface area contributed by atoms with E-state index in [0.29, 0.717) is 50.3 Å². The molecule has 3 aromatic rings. The van der Waals surface area contributed by atoms with Crippen molar-refractivity contribution in [3.05, 3.63) is 78.2 Å². The third kappa shape index (κ3) is 9.43. The van der Waals surface area contributed by atoms with Crippen molar-refractivity contribution in [2.24, 2.45) is 0 Å². The van der Waals surface area contributed by atoms with E-state index in [2.05, 4.69) is 0 Å². The molecule has 0 N–H and O–H groups in total. The number of hydrogen-bond acceptors (Lipinski definition) is 8. The van der Waals surface area contributed by atoms with Gasteiger partial charge < -0.3 is 28.7 Å². The number of hydrogen-bond donors (Lipinski definition) is 0.